The highest BCUT2D eigenvalue weighted by atomic mass is 35.5. The van der Waals surface area contributed by atoms with E-state index in [-0.39, 0.29) is 21.4 Å². The van der Waals surface area contributed by atoms with Crippen molar-refractivity contribution in [2.45, 2.75) is 30.6 Å². The fourth-order valence-electron chi connectivity index (χ4n) is 2.97. The van der Waals surface area contributed by atoms with E-state index in [2.05, 4.69) is 5.32 Å². The Bertz CT molecular complexity index is 967. The second-order valence-corrected chi connectivity index (χ2v) is 8.91. The monoisotopic (exact) mass is 440 g/mol. The Morgan fingerprint density at radius 2 is 1.86 bits per heavy atom. The summed E-state index contributed by atoms with van der Waals surface area (Å²) < 4.78 is 37.0. The Kier molecular flexibility index (Phi) is 6.94. The number of amides is 1. The predicted octanol–water partition coefficient (Wildman–Crippen LogP) is 3.29. The Hall–Kier alpha value is -2.36. The van der Waals surface area contributed by atoms with Gasteiger partial charge in [0, 0.05) is 13.1 Å². The van der Waals surface area contributed by atoms with Crippen LogP contribution in [-0.4, -0.2) is 44.3 Å². The fourth-order valence-corrected chi connectivity index (χ4v) is 4.68. The molecule has 2 heterocycles. The van der Waals surface area contributed by atoms with Gasteiger partial charge in [-0.15, -0.1) is 0 Å². The van der Waals surface area contributed by atoms with Gasteiger partial charge in [-0.2, -0.15) is 4.31 Å². The Balaban J connectivity index is 1.68. The number of rotatable bonds is 6. The SMILES string of the molecule is O=C(COC(=O)c1ccco1)Nc1cc(S(=O)(=O)N2CCCCCC2)ccc1Cl. The van der Waals surface area contributed by atoms with Crippen molar-refractivity contribution < 1.29 is 27.2 Å². The number of hydrogen-bond donors (Lipinski definition) is 1. The number of carbonyl (C=O) groups is 2. The lowest BCUT2D eigenvalue weighted by Crippen LogP contribution is -2.32. The number of esters is 1. The lowest BCUT2D eigenvalue weighted by atomic mass is 10.2. The van der Waals surface area contributed by atoms with Gasteiger partial charge in [0.15, 0.2) is 6.61 Å². The van der Waals surface area contributed by atoms with Gasteiger partial charge >= 0.3 is 5.97 Å². The highest BCUT2D eigenvalue weighted by molar-refractivity contribution is 7.89. The van der Waals surface area contributed by atoms with Crippen molar-refractivity contribution in [3.05, 3.63) is 47.4 Å². The summed E-state index contributed by atoms with van der Waals surface area (Å²) in [5.41, 5.74) is 0.126. The molecule has 3 rings (SSSR count). The van der Waals surface area contributed by atoms with Crippen molar-refractivity contribution in [3.8, 4) is 0 Å². The molecule has 1 aliphatic rings. The number of hydrogen-bond acceptors (Lipinski definition) is 6. The quantitative estimate of drug-likeness (QED) is 0.691. The number of anilines is 1. The van der Waals surface area contributed by atoms with Gasteiger partial charge in [-0.3, -0.25) is 4.79 Å². The number of ether oxygens (including phenoxy) is 1. The molecule has 1 fully saturated rings. The van der Waals surface area contributed by atoms with Gasteiger partial charge in [-0.1, -0.05) is 24.4 Å². The van der Waals surface area contributed by atoms with E-state index in [4.69, 9.17) is 20.8 Å². The minimum absolute atomic E-state index is 0.0265. The van der Waals surface area contributed by atoms with Crippen molar-refractivity contribution >= 4 is 39.2 Å². The van der Waals surface area contributed by atoms with E-state index in [1.165, 1.54) is 40.9 Å². The number of nitrogens with one attached hydrogen (secondary N) is 1. The molecular weight excluding hydrogens is 420 g/mol. The maximum atomic E-state index is 12.9. The molecular formula is C19H21ClN2O6S. The van der Waals surface area contributed by atoms with Crippen LogP contribution < -0.4 is 5.32 Å². The number of carbonyl (C=O) groups excluding carboxylic acids is 2. The summed E-state index contributed by atoms with van der Waals surface area (Å²) in [7, 11) is -3.69. The molecule has 1 aliphatic heterocycles. The number of furan rings is 1. The maximum Gasteiger partial charge on any atom is 0.374 e. The van der Waals surface area contributed by atoms with E-state index in [1.807, 2.05) is 0 Å². The second kappa shape index (κ2) is 9.43. The summed E-state index contributed by atoms with van der Waals surface area (Å²) in [5.74, 6) is -1.47. The second-order valence-electron chi connectivity index (χ2n) is 6.56. The molecule has 156 valence electrons. The smallest absolute Gasteiger partial charge is 0.374 e. The van der Waals surface area contributed by atoms with Crippen molar-refractivity contribution in [1.82, 2.24) is 4.31 Å². The van der Waals surface area contributed by atoms with Crippen molar-refractivity contribution in [3.63, 3.8) is 0 Å². The van der Waals surface area contributed by atoms with Crippen LogP contribution in [0.15, 0.2) is 45.9 Å². The summed E-state index contributed by atoms with van der Waals surface area (Å²) >= 11 is 6.10. The summed E-state index contributed by atoms with van der Waals surface area (Å²) in [6, 6.07) is 7.07. The number of sulfonamides is 1. The van der Waals surface area contributed by atoms with Crippen LogP contribution in [0.2, 0.25) is 5.02 Å². The maximum absolute atomic E-state index is 12.9. The van der Waals surface area contributed by atoms with E-state index in [1.54, 1.807) is 0 Å². The number of halogens is 1. The lowest BCUT2D eigenvalue weighted by Gasteiger charge is -2.20. The van der Waals surface area contributed by atoms with E-state index in [0.717, 1.165) is 25.7 Å². The lowest BCUT2D eigenvalue weighted by molar-refractivity contribution is -0.119. The molecule has 1 amide bonds. The zero-order valence-corrected chi connectivity index (χ0v) is 17.2. The van der Waals surface area contributed by atoms with E-state index < -0.39 is 28.5 Å². The average Bonchev–Trinajstić information content (AvgIpc) is 3.09. The third-order valence-electron chi connectivity index (χ3n) is 4.47. The normalized spacial score (nSPS) is 15.5. The summed E-state index contributed by atoms with van der Waals surface area (Å²) in [4.78, 5) is 23.9. The molecule has 0 bridgehead atoms. The predicted molar refractivity (Wildman–Crippen MR) is 106 cm³/mol. The molecule has 0 unspecified atom stereocenters. The first-order chi connectivity index (χ1) is 13.9. The number of nitrogens with zero attached hydrogens (tertiary/aromatic N) is 1. The molecule has 0 aliphatic carbocycles. The average molecular weight is 441 g/mol. The first kappa shape index (κ1) is 21.4. The molecule has 8 nitrogen and oxygen atoms in total. The van der Waals surface area contributed by atoms with Gasteiger partial charge in [-0.05, 0) is 43.2 Å². The van der Waals surface area contributed by atoms with Crippen molar-refractivity contribution in [1.29, 1.82) is 0 Å². The summed E-state index contributed by atoms with van der Waals surface area (Å²) in [5, 5.41) is 2.65. The van der Waals surface area contributed by atoms with Crippen LogP contribution in [0.4, 0.5) is 5.69 Å². The van der Waals surface area contributed by atoms with Crippen LogP contribution in [0.3, 0.4) is 0 Å². The van der Waals surface area contributed by atoms with Gasteiger partial charge in [0.1, 0.15) is 0 Å². The van der Waals surface area contributed by atoms with E-state index in [9.17, 15) is 18.0 Å². The largest absolute Gasteiger partial charge is 0.457 e. The van der Waals surface area contributed by atoms with Crippen LogP contribution in [0.5, 0.6) is 0 Å². The first-order valence-electron chi connectivity index (χ1n) is 9.18. The van der Waals surface area contributed by atoms with Crippen LogP contribution in [0.25, 0.3) is 0 Å². The first-order valence-corrected chi connectivity index (χ1v) is 11.0. The molecule has 1 aromatic heterocycles. The van der Waals surface area contributed by atoms with Gasteiger partial charge in [0.25, 0.3) is 5.91 Å². The highest BCUT2D eigenvalue weighted by Gasteiger charge is 2.26. The molecule has 1 N–H and O–H groups in total. The summed E-state index contributed by atoms with van der Waals surface area (Å²) in [6.45, 7) is 0.365. The minimum Gasteiger partial charge on any atom is -0.457 e. The van der Waals surface area contributed by atoms with Crippen LogP contribution in [0, 0.1) is 0 Å². The zero-order chi connectivity index (χ0) is 20.9. The van der Waals surface area contributed by atoms with E-state index >= 15 is 0 Å². The number of benzene rings is 1. The molecule has 0 spiro atoms. The Morgan fingerprint density at radius 1 is 1.14 bits per heavy atom. The zero-order valence-electron chi connectivity index (χ0n) is 15.6. The van der Waals surface area contributed by atoms with Gasteiger partial charge in [0.2, 0.25) is 15.8 Å². The topological polar surface area (TPSA) is 106 Å². The van der Waals surface area contributed by atoms with E-state index in [0.29, 0.717) is 13.1 Å². The molecule has 10 heteroatoms. The molecule has 1 saturated heterocycles. The van der Waals surface area contributed by atoms with Crippen LogP contribution in [0.1, 0.15) is 36.2 Å². The minimum atomic E-state index is -3.69. The molecule has 0 radical (unpaired) electrons. The molecule has 1 aromatic carbocycles. The fraction of sp³-hybridized carbons (Fsp3) is 0.368. The van der Waals surface area contributed by atoms with Gasteiger partial charge < -0.3 is 14.5 Å². The summed E-state index contributed by atoms with van der Waals surface area (Å²) in [6.07, 6.45) is 4.96. The highest BCUT2D eigenvalue weighted by Crippen LogP contribution is 2.28. The molecule has 29 heavy (non-hydrogen) atoms. The van der Waals surface area contributed by atoms with Crippen molar-refractivity contribution in [2.24, 2.45) is 0 Å². The van der Waals surface area contributed by atoms with Gasteiger partial charge in [0.05, 0.1) is 21.9 Å². The van der Waals surface area contributed by atoms with Gasteiger partial charge in [-0.25, -0.2) is 13.2 Å². The third kappa shape index (κ3) is 5.37. The standard InChI is InChI=1S/C19H21ClN2O6S/c20-15-8-7-14(29(25,26)22-9-3-1-2-4-10-22)12-16(15)21-18(23)13-28-19(24)17-6-5-11-27-17/h5-8,11-12H,1-4,9-10,13H2,(H,21,23). The third-order valence-corrected chi connectivity index (χ3v) is 6.70. The Labute approximate surface area is 173 Å². The van der Waals surface area contributed by atoms with Crippen molar-refractivity contribution in [2.75, 3.05) is 25.0 Å². The molecule has 0 saturated carbocycles. The van der Waals surface area contributed by atoms with Crippen LogP contribution >= 0.6 is 11.6 Å². The molecule has 2 aromatic rings. The Morgan fingerprint density at radius 3 is 2.52 bits per heavy atom. The molecule has 0 atom stereocenters. The van der Waals surface area contributed by atoms with Crippen LogP contribution in [-0.2, 0) is 19.6 Å².